The number of oxime groups is 1. The van der Waals surface area contributed by atoms with E-state index in [-0.39, 0.29) is 6.42 Å². The zero-order valence-electron chi connectivity index (χ0n) is 6.14. The SMILES string of the molecule is O/N=C1/CC(O)Cc2nonc21. The van der Waals surface area contributed by atoms with Crippen molar-refractivity contribution in [3.05, 3.63) is 11.4 Å². The number of aliphatic hydroxyl groups excluding tert-OH is 1. The summed E-state index contributed by atoms with van der Waals surface area (Å²) in [7, 11) is 0. The van der Waals surface area contributed by atoms with E-state index in [0.717, 1.165) is 0 Å². The molecule has 1 aliphatic rings. The average Bonchev–Trinajstić information content (AvgIpc) is 2.50. The Balaban J connectivity index is 2.45. The molecule has 0 spiro atoms. The number of hydrogen-bond donors (Lipinski definition) is 2. The summed E-state index contributed by atoms with van der Waals surface area (Å²) < 4.78 is 4.44. The van der Waals surface area contributed by atoms with Crippen molar-refractivity contribution in [2.24, 2.45) is 5.16 Å². The minimum Gasteiger partial charge on any atom is -0.411 e. The van der Waals surface area contributed by atoms with Crippen LogP contribution in [-0.4, -0.2) is 32.4 Å². The lowest BCUT2D eigenvalue weighted by molar-refractivity contribution is 0.175. The first-order valence-electron chi connectivity index (χ1n) is 3.52. The molecule has 0 saturated carbocycles. The van der Waals surface area contributed by atoms with Gasteiger partial charge in [0, 0.05) is 12.8 Å². The monoisotopic (exact) mass is 169 g/mol. The van der Waals surface area contributed by atoms with Crippen molar-refractivity contribution in [2.45, 2.75) is 18.9 Å². The highest BCUT2D eigenvalue weighted by molar-refractivity contribution is 6.00. The van der Waals surface area contributed by atoms with Crippen molar-refractivity contribution in [3.8, 4) is 0 Å². The predicted molar refractivity (Wildman–Crippen MR) is 36.9 cm³/mol. The maximum atomic E-state index is 9.27. The van der Waals surface area contributed by atoms with E-state index in [2.05, 4.69) is 20.1 Å². The van der Waals surface area contributed by atoms with Gasteiger partial charge in [-0.25, -0.2) is 4.63 Å². The molecule has 0 saturated heterocycles. The minimum absolute atomic E-state index is 0.289. The van der Waals surface area contributed by atoms with Crippen molar-refractivity contribution >= 4 is 5.71 Å². The largest absolute Gasteiger partial charge is 0.411 e. The van der Waals surface area contributed by atoms with Crippen LogP contribution in [0.3, 0.4) is 0 Å². The fourth-order valence-corrected chi connectivity index (χ4v) is 1.26. The summed E-state index contributed by atoms with van der Waals surface area (Å²) in [6, 6.07) is 0. The Labute approximate surface area is 67.5 Å². The van der Waals surface area contributed by atoms with E-state index < -0.39 is 6.10 Å². The number of fused-ring (bicyclic) bond motifs is 1. The second-order valence-corrected chi connectivity index (χ2v) is 2.67. The summed E-state index contributed by atoms with van der Waals surface area (Å²) >= 11 is 0. The van der Waals surface area contributed by atoms with Gasteiger partial charge < -0.3 is 10.3 Å². The molecule has 6 heteroatoms. The van der Waals surface area contributed by atoms with Gasteiger partial charge in [-0.3, -0.25) is 0 Å². The van der Waals surface area contributed by atoms with E-state index in [1.807, 2.05) is 0 Å². The highest BCUT2D eigenvalue weighted by Crippen LogP contribution is 2.18. The molecule has 1 aromatic rings. The molecule has 1 aliphatic carbocycles. The quantitative estimate of drug-likeness (QED) is 0.405. The third kappa shape index (κ3) is 0.964. The second kappa shape index (κ2) is 2.56. The zero-order chi connectivity index (χ0) is 8.55. The Hall–Kier alpha value is -1.43. The molecule has 6 nitrogen and oxygen atoms in total. The summed E-state index contributed by atoms with van der Waals surface area (Å²) in [6.07, 6.45) is 0.130. The normalized spacial score (nSPS) is 25.8. The van der Waals surface area contributed by atoms with E-state index in [4.69, 9.17) is 5.21 Å². The summed E-state index contributed by atoms with van der Waals surface area (Å²) in [5.74, 6) is 0. The molecular weight excluding hydrogens is 162 g/mol. The van der Waals surface area contributed by atoms with Crippen LogP contribution >= 0.6 is 0 Å². The molecule has 12 heavy (non-hydrogen) atoms. The van der Waals surface area contributed by atoms with Gasteiger partial charge in [0.05, 0.1) is 6.10 Å². The Morgan fingerprint density at radius 1 is 1.42 bits per heavy atom. The summed E-state index contributed by atoms with van der Waals surface area (Å²) in [6.45, 7) is 0. The van der Waals surface area contributed by atoms with Crippen LogP contribution in [0.15, 0.2) is 9.78 Å². The van der Waals surface area contributed by atoms with E-state index in [1.54, 1.807) is 0 Å². The number of rotatable bonds is 0. The summed E-state index contributed by atoms with van der Waals surface area (Å²) in [4.78, 5) is 0. The van der Waals surface area contributed by atoms with E-state index in [1.165, 1.54) is 0 Å². The molecule has 1 unspecified atom stereocenters. The Kier molecular flexibility index (Phi) is 1.54. The maximum absolute atomic E-state index is 9.27. The lowest BCUT2D eigenvalue weighted by atomic mass is 9.97. The highest BCUT2D eigenvalue weighted by Gasteiger charge is 2.27. The van der Waals surface area contributed by atoms with Gasteiger partial charge in [0.2, 0.25) is 0 Å². The standard InChI is InChI=1S/C6H7N3O3/c10-3-1-4(7-11)6-5(2-3)8-12-9-6/h3,10-11H,1-2H2/b7-4-. The average molecular weight is 169 g/mol. The van der Waals surface area contributed by atoms with Gasteiger partial charge >= 0.3 is 0 Å². The Bertz CT molecular complexity index is 320. The highest BCUT2D eigenvalue weighted by atomic mass is 16.6. The number of nitrogens with zero attached hydrogens (tertiary/aromatic N) is 3. The Morgan fingerprint density at radius 2 is 2.25 bits per heavy atom. The molecule has 1 heterocycles. The Morgan fingerprint density at radius 3 is 3.00 bits per heavy atom. The predicted octanol–water partition coefficient (Wildman–Crippen LogP) is -0.445. The summed E-state index contributed by atoms with van der Waals surface area (Å²) in [5.41, 5.74) is 1.31. The summed E-state index contributed by atoms with van der Waals surface area (Å²) in [5, 5.41) is 27.9. The fourth-order valence-electron chi connectivity index (χ4n) is 1.26. The molecular formula is C6H7N3O3. The number of aliphatic hydroxyl groups is 1. The molecule has 0 fully saturated rings. The van der Waals surface area contributed by atoms with Gasteiger partial charge in [0.25, 0.3) is 0 Å². The van der Waals surface area contributed by atoms with Gasteiger partial charge in [0.1, 0.15) is 11.4 Å². The zero-order valence-corrected chi connectivity index (χ0v) is 6.14. The molecule has 0 aliphatic heterocycles. The first kappa shape index (κ1) is 7.23. The first-order valence-corrected chi connectivity index (χ1v) is 3.52. The lowest BCUT2D eigenvalue weighted by Gasteiger charge is -2.13. The van der Waals surface area contributed by atoms with Crippen molar-refractivity contribution in [1.82, 2.24) is 10.3 Å². The third-order valence-corrected chi connectivity index (χ3v) is 1.81. The van der Waals surface area contributed by atoms with Crippen molar-refractivity contribution in [2.75, 3.05) is 0 Å². The molecule has 0 amide bonds. The van der Waals surface area contributed by atoms with Crippen molar-refractivity contribution < 1.29 is 14.9 Å². The van der Waals surface area contributed by atoms with Crippen LogP contribution in [-0.2, 0) is 6.42 Å². The molecule has 64 valence electrons. The van der Waals surface area contributed by atoms with E-state index in [9.17, 15) is 5.11 Å². The van der Waals surface area contributed by atoms with Gasteiger partial charge in [-0.05, 0) is 5.16 Å². The van der Waals surface area contributed by atoms with Gasteiger partial charge in [-0.15, -0.1) is 0 Å². The molecule has 0 radical (unpaired) electrons. The second-order valence-electron chi connectivity index (χ2n) is 2.67. The first-order chi connectivity index (χ1) is 5.81. The maximum Gasteiger partial charge on any atom is 0.156 e. The van der Waals surface area contributed by atoms with E-state index in [0.29, 0.717) is 23.5 Å². The third-order valence-electron chi connectivity index (χ3n) is 1.81. The van der Waals surface area contributed by atoms with Gasteiger partial charge in [-0.2, -0.15) is 0 Å². The van der Waals surface area contributed by atoms with Crippen LogP contribution < -0.4 is 0 Å². The van der Waals surface area contributed by atoms with Crippen LogP contribution in [0.25, 0.3) is 0 Å². The molecule has 0 aromatic carbocycles. The molecule has 2 N–H and O–H groups in total. The molecule has 2 rings (SSSR count). The van der Waals surface area contributed by atoms with Crippen molar-refractivity contribution in [3.63, 3.8) is 0 Å². The molecule has 1 aromatic heterocycles. The lowest BCUT2D eigenvalue weighted by Crippen LogP contribution is -2.24. The van der Waals surface area contributed by atoms with E-state index >= 15 is 0 Å². The fraction of sp³-hybridized carbons (Fsp3) is 0.500. The van der Waals surface area contributed by atoms with Crippen LogP contribution in [0.1, 0.15) is 17.8 Å². The smallest absolute Gasteiger partial charge is 0.156 e. The van der Waals surface area contributed by atoms with Gasteiger partial charge in [-0.1, -0.05) is 10.3 Å². The van der Waals surface area contributed by atoms with Gasteiger partial charge in [0.15, 0.2) is 5.69 Å². The molecule has 0 bridgehead atoms. The van der Waals surface area contributed by atoms with Crippen LogP contribution in [0.5, 0.6) is 0 Å². The van der Waals surface area contributed by atoms with Crippen LogP contribution in [0.2, 0.25) is 0 Å². The number of aromatic nitrogens is 2. The van der Waals surface area contributed by atoms with Crippen LogP contribution in [0.4, 0.5) is 0 Å². The number of hydrogen-bond acceptors (Lipinski definition) is 6. The van der Waals surface area contributed by atoms with Crippen LogP contribution in [0, 0.1) is 0 Å². The van der Waals surface area contributed by atoms with Crippen molar-refractivity contribution in [1.29, 1.82) is 0 Å². The minimum atomic E-state index is -0.560. The molecule has 1 atom stereocenters. The topological polar surface area (TPSA) is 91.7 Å².